The highest BCUT2D eigenvalue weighted by molar-refractivity contribution is 7.12. The fraction of sp³-hybridized carbons (Fsp3) is 0.389. The summed E-state index contributed by atoms with van der Waals surface area (Å²) in [6.45, 7) is 9.03. The first-order valence-corrected chi connectivity index (χ1v) is 8.76. The van der Waals surface area contributed by atoms with Crippen LogP contribution < -0.4 is 15.4 Å². The van der Waals surface area contributed by atoms with Gasteiger partial charge in [-0.25, -0.2) is 0 Å². The van der Waals surface area contributed by atoms with E-state index in [2.05, 4.69) is 30.5 Å². The monoisotopic (exact) mass is 331 g/mol. The highest BCUT2D eigenvalue weighted by atomic mass is 32.1. The van der Waals surface area contributed by atoms with Gasteiger partial charge in [0.15, 0.2) is 0 Å². The lowest BCUT2D eigenvalue weighted by molar-refractivity contribution is 0.239. The zero-order valence-corrected chi connectivity index (χ0v) is 15.0. The van der Waals surface area contributed by atoms with Crippen LogP contribution in [0.4, 0.5) is 5.69 Å². The number of thiophene rings is 1. The zero-order valence-electron chi connectivity index (χ0n) is 14.1. The SMILES string of the molecule is CC(C)NCc1cc(NC(=N)c2cccs2)ccc1OC(C)C. The van der Waals surface area contributed by atoms with E-state index in [0.717, 1.165) is 28.4 Å². The van der Waals surface area contributed by atoms with E-state index in [1.54, 1.807) is 11.3 Å². The number of benzene rings is 1. The lowest BCUT2D eigenvalue weighted by Gasteiger charge is -2.17. The third kappa shape index (κ3) is 5.37. The number of hydrogen-bond donors (Lipinski definition) is 3. The highest BCUT2D eigenvalue weighted by Gasteiger charge is 2.09. The summed E-state index contributed by atoms with van der Waals surface area (Å²) in [7, 11) is 0. The van der Waals surface area contributed by atoms with Gasteiger partial charge in [0, 0.05) is 23.8 Å². The molecule has 5 heteroatoms. The van der Waals surface area contributed by atoms with E-state index >= 15 is 0 Å². The van der Waals surface area contributed by atoms with Gasteiger partial charge in [-0.1, -0.05) is 19.9 Å². The maximum Gasteiger partial charge on any atom is 0.140 e. The van der Waals surface area contributed by atoms with Crippen molar-refractivity contribution in [1.29, 1.82) is 5.41 Å². The number of ether oxygens (including phenoxy) is 1. The molecule has 0 saturated carbocycles. The molecule has 1 aromatic carbocycles. The molecule has 3 N–H and O–H groups in total. The van der Waals surface area contributed by atoms with Crippen molar-refractivity contribution in [2.75, 3.05) is 5.32 Å². The lowest BCUT2D eigenvalue weighted by atomic mass is 10.1. The van der Waals surface area contributed by atoms with Crippen molar-refractivity contribution in [2.24, 2.45) is 0 Å². The molecule has 0 aliphatic heterocycles. The molecule has 0 atom stereocenters. The Morgan fingerprint density at radius 1 is 1.22 bits per heavy atom. The molecule has 0 spiro atoms. The summed E-state index contributed by atoms with van der Waals surface area (Å²) in [5.41, 5.74) is 2.00. The van der Waals surface area contributed by atoms with Crippen molar-refractivity contribution >= 4 is 22.9 Å². The van der Waals surface area contributed by atoms with Crippen LogP contribution in [0.1, 0.15) is 38.1 Å². The summed E-state index contributed by atoms with van der Waals surface area (Å²) in [5.74, 6) is 1.31. The van der Waals surface area contributed by atoms with Gasteiger partial charge in [0.05, 0.1) is 11.0 Å². The molecule has 0 fully saturated rings. The van der Waals surface area contributed by atoms with Crippen molar-refractivity contribution in [1.82, 2.24) is 5.32 Å². The van der Waals surface area contributed by atoms with Crippen LogP contribution in [0, 0.1) is 5.41 Å². The molecule has 0 aliphatic carbocycles. The van der Waals surface area contributed by atoms with Crippen LogP contribution in [-0.2, 0) is 6.54 Å². The first-order valence-electron chi connectivity index (χ1n) is 7.88. The Morgan fingerprint density at radius 2 is 2.00 bits per heavy atom. The first-order chi connectivity index (χ1) is 11.0. The smallest absolute Gasteiger partial charge is 0.140 e. The van der Waals surface area contributed by atoms with Gasteiger partial charge < -0.3 is 15.4 Å². The Kier molecular flexibility index (Phi) is 6.19. The topological polar surface area (TPSA) is 57.1 Å². The molecule has 0 bridgehead atoms. The molecule has 0 aliphatic rings. The number of nitrogens with one attached hydrogen (secondary N) is 3. The predicted molar refractivity (Wildman–Crippen MR) is 99.0 cm³/mol. The van der Waals surface area contributed by atoms with Gasteiger partial charge in [-0.05, 0) is 43.5 Å². The molecule has 124 valence electrons. The maximum absolute atomic E-state index is 8.14. The number of amidine groups is 1. The quantitative estimate of drug-likeness (QED) is 0.518. The molecule has 1 aromatic heterocycles. The molecule has 0 radical (unpaired) electrons. The van der Waals surface area contributed by atoms with E-state index in [9.17, 15) is 0 Å². The molecule has 1 heterocycles. The number of hydrogen-bond acceptors (Lipinski definition) is 4. The molecule has 23 heavy (non-hydrogen) atoms. The molecule has 2 rings (SSSR count). The largest absolute Gasteiger partial charge is 0.491 e. The second kappa shape index (κ2) is 8.13. The predicted octanol–water partition coefficient (Wildman–Crippen LogP) is 4.47. The van der Waals surface area contributed by atoms with Gasteiger partial charge in [-0.3, -0.25) is 5.41 Å². The summed E-state index contributed by atoms with van der Waals surface area (Å²) >= 11 is 1.56. The van der Waals surface area contributed by atoms with Crippen molar-refractivity contribution in [3.05, 3.63) is 46.2 Å². The third-order valence-corrected chi connectivity index (χ3v) is 4.05. The van der Waals surface area contributed by atoms with Crippen molar-refractivity contribution in [2.45, 2.75) is 46.4 Å². The van der Waals surface area contributed by atoms with Crippen LogP contribution >= 0.6 is 11.3 Å². The molecule has 2 aromatic rings. The maximum atomic E-state index is 8.14. The summed E-state index contributed by atoms with van der Waals surface area (Å²) < 4.78 is 5.89. The molecular formula is C18H25N3OS. The molecular weight excluding hydrogens is 306 g/mol. The van der Waals surface area contributed by atoms with Gasteiger partial charge in [0.25, 0.3) is 0 Å². The Balaban J connectivity index is 2.17. The first kappa shape index (κ1) is 17.5. The summed E-state index contributed by atoms with van der Waals surface area (Å²) in [6.07, 6.45) is 0.135. The summed E-state index contributed by atoms with van der Waals surface area (Å²) in [6, 6.07) is 10.3. The third-order valence-electron chi connectivity index (χ3n) is 3.16. The standard InChI is InChI=1S/C18H25N3OS/c1-12(2)20-11-14-10-15(7-8-16(14)22-13(3)4)21-18(19)17-6-5-9-23-17/h5-10,12-13,20H,11H2,1-4H3,(H2,19,21). The number of rotatable bonds is 7. The fourth-order valence-electron chi connectivity index (χ4n) is 2.11. The zero-order chi connectivity index (χ0) is 16.8. The Bertz CT molecular complexity index is 636. The summed E-state index contributed by atoms with van der Waals surface area (Å²) in [5, 5.41) is 16.7. The van der Waals surface area contributed by atoms with Gasteiger partial charge >= 0.3 is 0 Å². The minimum Gasteiger partial charge on any atom is -0.491 e. The van der Waals surface area contributed by atoms with E-state index in [-0.39, 0.29) is 6.10 Å². The van der Waals surface area contributed by atoms with Gasteiger partial charge in [-0.2, -0.15) is 0 Å². The van der Waals surface area contributed by atoms with E-state index in [0.29, 0.717) is 11.9 Å². The average Bonchev–Trinajstić information content (AvgIpc) is 3.01. The van der Waals surface area contributed by atoms with Crippen molar-refractivity contribution in [3.8, 4) is 5.75 Å². The van der Waals surface area contributed by atoms with Crippen LogP contribution in [0.5, 0.6) is 5.75 Å². The molecule has 0 amide bonds. The highest BCUT2D eigenvalue weighted by Crippen LogP contribution is 2.25. The Morgan fingerprint density at radius 3 is 2.61 bits per heavy atom. The molecule has 0 unspecified atom stereocenters. The van der Waals surface area contributed by atoms with Gasteiger partial charge in [0.1, 0.15) is 11.6 Å². The Labute approximate surface area is 142 Å². The van der Waals surface area contributed by atoms with E-state index in [1.165, 1.54) is 0 Å². The van der Waals surface area contributed by atoms with Crippen LogP contribution in [-0.4, -0.2) is 18.0 Å². The molecule has 0 saturated heterocycles. The van der Waals surface area contributed by atoms with Crippen molar-refractivity contribution < 1.29 is 4.74 Å². The molecule has 4 nitrogen and oxygen atoms in total. The second-order valence-corrected chi connectivity index (χ2v) is 6.95. The Hall–Kier alpha value is -1.85. The lowest BCUT2D eigenvalue weighted by Crippen LogP contribution is -2.23. The van der Waals surface area contributed by atoms with Crippen molar-refractivity contribution in [3.63, 3.8) is 0 Å². The van der Waals surface area contributed by atoms with E-state index < -0.39 is 0 Å². The average molecular weight is 331 g/mol. The van der Waals surface area contributed by atoms with E-state index in [1.807, 2.05) is 43.5 Å². The fourth-order valence-corrected chi connectivity index (χ4v) is 2.73. The van der Waals surface area contributed by atoms with E-state index in [4.69, 9.17) is 10.1 Å². The normalized spacial score (nSPS) is 11.0. The van der Waals surface area contributed by atoms with Gasteiger partial charge in [0.2, 0.25) is 0 Å². The minimum absolute atomic E-state index is 0.135. The van der Waals surface area contributed by atoms with Crippen LogP contribution in [0.15, 0.2) is 35.7 Å². The van der Waals surface area contributed by atoms with Gasteiger partial charge in [-0.15, -0.1) is 11.3 Å². The van der Waals surface area contributed by atoms with Crippen LogP contribution in [0.3, 0.4) is 0 Å². The van der Waals surface area contributed by atoms with Crippen LogP contribution in [0.2, 0.25) is 0 Å². The number of anilines is 1. The minimum atomic E-state index is 0.135. The summed E-state index contributed by atoms with van der Waals surface area (Å²) in [4.78, 5) is 0.925. The van der Waals surface area contributed by atoms with Crippen LogP contribution in [0.25, 0.3) is 0 Å². The second-order valence-electron chi connectivity index (χ2n) is 6.00.